The van der Waals surface area contributed by atoms with E-state index in [1.54, 1.807) is 16.8 Å². The van der Waals surface area contributed by atoms with Crippen LogP contribution in [0, 0.1) is 0 Å². The number of hydrogen-bond donors (Lipinski definition) is 2. The van der Waals surface area contributed by atoms with Crippen molar-refractivity contribution in [2.45, 2.75) is 25.8 Å². The van der Waals surface area contributed by atoms with Gasteiger partial charge >= 0.3 is 0 Å². The van der Waals surface area contributed by atoms with E-state index in [1.165, 1.54) is 12.8 Å². The summed E-state index contributed by atoms with van der Waals surface area (Å²) in [6, 6.07) is 7.34. The number of fused-ring (bicyclic) bond motifs is 3. The average Bonchev–Trinajstić information content (AvgIpc) is 3.28. The number of benzene rings is 1. The van der Waals surface area contributed by atoms with Crippen LogP contribution >= 0.6 is 0 Å². The number of nitrogens with one attached hydrogen (secondary N) is 2. The van der Waals surface area contributed by atoms with Gasteiger partial charge in [-0.25, -0.2) is 4.52 Å². The topological polar surface area (TPSA) is 82.5 Å². The molecule has 3 heterocycles. The first-order chi connectivity index (χ1) is 12.2. The van der Waals surface area contributed by atoms with Gasteiger partial charge in [0.15, 0.2) is 0 Å². The Balaban J connectivity index is 1.48. The fourth-order valence-electron chi connectivity index (χ4n) is 3.40. The van der Waals surface area contributed by atoms with Crippen molar-refractivity contribution in [3.05, 3.63) is 46.4 Å². The third kappa shape index (κ3) is 3.15. The molecule has 2 N–H and O–H groups in total. The second-order valence-electron chi connectivity index (χ2n) is 6.48. The molecule has 1 amide bonds. The van der Waals surface area contributed by atoms with E-state index >= 15 is 0 Å². The number of H-pyrrole nitrogens is 1. The van der Waals surface area contributed by atoms with E-state index in [0.717, 1.165) is 30.7 Å². The molecular weight excluding hydrogens is 318 g/mol. The zero-order valence-corrected chi connectivity index (χ0v) is 14.0. The minimum absolute atomic E-state index is 0.0226. The van der Waals surface area contributed by atoms with Crippen molar-refractivity contribution in [3.63, 3.8) is 0 Å². The number of rotatable bonds is 5. The molecule has 0 saturated carbocycles. The van der Waals surface area contributed by atoms with Gasteiger partial charge in [-0.1, -0.05) is 12.1 Å². The number of likely N-dealkylation sites (tertiary alicyclic amines) is 1. The number of aromatic nitrogens is 3. The number of aromatic amines is 1. The summed E-state index contributed by atoms with van der Waals surface area (Å²) < 4.78 is 1.71. The predicted octanol–water partition coefficient (Wildman–Crippen LogP) is 1.28. The van der Waals surface area contributed by atoms with Crippen LogP contribution in [-0.2, 0) is 11.3 Å². The summed E-state index contributed by atoms with van der Waals surface area (Å²) in [5, 5.41) is 7.89. The number of amides is 1. The summed E-state index contributed by atoms with van der Waals surface area (Å²) >= 11 is 0. The first-order valence-electron chi connectivity index (χ1n) is 8.69. The molecule has 0 atom stereocenters. The molecule has 1 fully saturated rings. The second-order valence-corrected chi connectivity index (χ2v) is 6.48. The minimum Gasteiger partial charge on any atom is -0.352 e. The maximum absolute atomic E-state index is 12.2. The Morgan fingerprint density at radius 1 is 1.24 bits per heavy atom. The maximum atomic E-state index is 12.2. The normalized spacial score (nSPS) is 15.2. The van der Waals surface area contributed by atoms with Crippen molar-refractivity contribution in [1.82, 2.24) is 24.8 Å². The molecule has 1 aliphatic rings. The largest absolute Gasteiger partial charge is 0.352 e. The lowest BCUT2D eigenvalue weighted by atomic mass is 10.2. The Hall–Kier alpha value is -2.67. The molecule has 1 saturated heterocycles. The number of nitrogens with zero attached hydrogens (tertiary/aromatic N) is 3. The van der Waals surface area contributed by atoms with Gasteiger partial charge in [0, 0.05) is 25.1 Å². The highest BCUT2D eigenvalue weighted by atomic mass is 16.1. The molecule has 0 unspecified atom stereocenters. The number of carbonyl (C=O) groups is 1. The van der Waals surface area contributed by atoms with Gasteiger partial charge in [0.25, 0.3) is 5.56 Å². The number of hydrogen-bond acceptors (Lipinski definition) is 4. The third-order valence-corrected chi connectivity index (χ3v) is 4.78. The molecule has 0 spiro atoms. The standard InChI is InChI=1S/C18H21N5O2/c24-16(7-10-22-8-3-4-9-22)19-11-13-12-20-23-15-6-2-1-5-14(15)18(25)21-17(13)23/h1-2,5-6,12H,3-4,7-11H2,(H,19,24)(H,21,25). The lowest BCUT2D eigenvalue weighted by molar-refractivity contribution is -0.121. The Morgan fingerprint density at radius 2 is 2.04 bits per heavy atom. The van der Waals surface area contributed by atoms with Gasteiger partial charge in [0.05, 0.1) is 17.1 Å². The maximum Gasteiger partial charge on any atom is 0.259 e. The molecule has 2 aromatic heterocycles. The van der Waals surface area contributed by atoms with Crippen LogP contribution in [0.5, 0.6) is 0 Å². The van der Waals surface area contributed by atoms with E-state index in [4.69, 9.17) is 0 Å². The fraction of sp³-hybridized carbons (Fsp3) is 0.389. The summed E-state index contributed by atoms with van der Waals surface area (Å²) in [5.41, 5.74) is 2.04. The summed E-state index contributed by atoms with van der Waals surface area (Å²) in [4.78, 5) is 29.5. The monoisotopic (exact) mass is 339 g/mol. The molecule has 3 aromatic rings. The van der Waals surface area contributed by atoms with Crippen molar-refractivity contribution in [2.24, 2.45) is 0 Å². The van der Waals surface area contributed by atoms with E-state index in [9.17, 15) is 9.59 Å². The number of para-hydroxylation sites is 1. The van der Waals surface area contributed by atoms with Crippen LogP contribution in [0.15, 0.2) is 35.3 Å². The van der Waals surface area contributed by atoms with Crippen molar-refractivity contribution in [2.75, 3.05) is 19.6 Å². The van der Waals surface area contributed by atoms with Gasteiger partial charge in [0.2, 0.25) is 5.91 Å². The molecule has 1 aliphatic heterocycles. The smallest absolute Gasteiger partial charge is 0.259 e. The van der Waals surface area contributed by atoms with Gasteiger partial charge in [0.1, 0.15) is 5.65 Å². The highest BCUT2D eigenvalue weighted by Gasteiger charge is 2.14. The van der Waals surface area contributed by atoms with Crippen LogP contribution in [0.1, 0.15) is 24.8 Å². The SMILES string of the molecule is O=C(CCN1CCCC1)NCc1cnn2c1[nH]c(=O)c1ccccc12. The zero-order chi connectivity index (χ0) is 17.2. The van der Waals surface area contributed by atoms with Crippen molar-refractivity contribution >= 4 is 22.5 Å². The summed E-state index contributed by atoms with van der Waals surface area (Å²) in [6.45, 7) is 3.35. The van der Waals surface area contributed by atoms with Crippen LogP contribution < -0.4 is 10.9 Å². The Labute approximate surface area is 144 Å². The molecule has 7 heteroatoms. The highest BCUT2D eigenvalue weighted by Crippen LogP contribution is 2.14. The van der Waals surface area contributed by atoms with Gasteiger partial charge in [-0.3, -0.25) is 9.59 Å². The second kappa shape index (κ2) is 6.68. The van der Waals surface area contributed by atoms with Crippen LogP contribution in [-0.4, -0.2) is 45.0 Å². The van der Waals surface area contributed by atoms with E-state index < -0.39 is 0 Å². The Bertz CT molecular complexity index is 968. The third-order valence-electron chi connectivity index (χ3n) is 4.78. The van der Waals surface area contributed by atoms with Gasteiger partial charge in [-0.05, 0) is 38.1 Å². The van der Waals surface area contributed by atoms with E-state index in [1.807, 2.05) is 18.2 Å². The first-order valence-corrected chi connectivity index (χ1v) is 8.69. The highest BCUT2D eigenvalue weighted by molar-refractivity contribution is 5.80. The summed E-state index contributed by atoms with van der Waals surface area (Å²) in [7, 11) is 0. The quantitative estimate of drug-likeness (QED) is 0.733. The average molecular weight is 339 g/mol. The number of carbonyl (C=O) groups excluding carboxylic acids is 1. The van der Waals surface area contributed by atoms with E-state index in [-0.39, 0.29) is 11.5 Å². The van der Waals surface area contributed by atoms with Crippen LogP contribution in [0.4, 0.5) is 0 Å². The first kappa shape index (κ1) is 15.8. The fourth-order valence-corrected chi connectivity index (χ4v) is 3.40. The zero-order valence-electron chi connectivity index (χ0n) is 14.0. The summed E-state index contributed by atoms with van der Waals surface area (Å²) in [6.07, 6.45) is 4.65. The molecule has 7 nitrogen and oxygen atoms in total. The van der Waals surface area contributed by atoms with Crippen molar-refractivity contribution < 1.29 is 4.79 Å². The van der Waals surface area contributed by atoms with Gasteiger partial charge in [-0.15, -0.1) is 0 Å². The molecular formula is C18H21N5O2. The van der Waals surface area contributed by atoms with E-state index in [2.05, 4.69) is 20.3 Å². The lowest BCUT2D eigenvalue weighted by Gasteiger charge is -2.13. The molecule has 130 valence electrons. The molecule has 25 heavy (non-hydrogen) atoms. The molecule has 0 bridgehead atoms. The molecule has 0 aliphatic carbocycles. The lowest BCUT2D eigenvalue weighted by Crippen LogP contribution is -2.29. The van der Waals surface area contributed by atoms with E-state index in [0.29, 0.717) is 24.0 Å². The van der Waals surface area contributed by atoms with Crippen LogP contribution in [0.25, 0.3) is 16.6 Å². The Kier molecular flexibility index (Phi) is 4.23. The van der Waals surface area contributed by atoms with Gasteiger partial charge in [-0.2, -0.15) is 5.10 Å². The molecule has 1 aromatic carbocycles. The van der Waals surface area contributed by atoms with Crippen LogP contribution in [0.3, 0.4) is 0 Å². The van der Waals surface area contributed by atoms with Gasteiger partial charge < -0.3 is 15.2 Å². The van der Waals surface area contributed by atoms with Crippen molar-refractivity contribution in [3.8, 4) is 0 Å². The molecule has 4 rings (SSSR count). The minimum atomic E-state index is -0.148. The van der Waals surface area contributed by atoms with Crippen LogP contribution in [0.2, 0.25) is 0 Å². The Morgan fingerprint density at radius 3 is 2.88 bits per heavy atom. The van der Waals surface area contributed by atoms with Crippen molar-refractivity contribution in [1.29, 1.82) is 0 Å². The molecule has 0 radical (unpaired) electrons. The summed E-state index contributed by atoms with van der Waals surface area (Å²) in [5.74, 6) is 0.0226. The predicted molar refractivity (Wildman–Crippen MR) is 95.5 cm³/mol.